The molecule has 58 heavy (non-hydrogen) atoms. The fraction of sp³-hybridized carbons (Fsp3) is 0.857. The van der Waals surface area contributed by atoms with Crippen molar-refractivity contribution in [2.75, 3.05) is 40.9 Å². The molecule has 9 heteroatoms. The number of carbonyl (C=O) groups is 1. The monoisotopic (exact) mass is 840 g/mol. The van der Waals surface area contributed by atoms with E-state index >= 15 is 0 Å². The second kappa shape index (κ2) is 41.1. The van der Waals surface area contributed by atoms with Crippen molar-refractivity contribution < 1.29 is 32.9 Å². The molecule has 1 amide bonds. The molecule has 0 aromatic carbocycles. The van der Waals surface area contributed by atoms with Crippen LogP contribution in [0.1, 0.15) is 219 Å². The summed E-state index contributed by atoms with van der Waals surface area (Å²) in [7, 11) is 1.55. The van der Waals surface area contributed by atoms with Gasteiger partial charge in [0.15, 0.2) is 0 Å². The van der Waals surface area contributed by atoms with Crippen molar-refractivity contribution in [3.05, 3.63) is 36.5 Å². The number of unbranched alkanes of at least 4 members (excludes halogenated alkanes) is 27. The number of rotatable bonds is 44. The maximum Gasteiger partial charge on any atom is 0.472 e. The summed E-state index contributed by atoms with van der Waals surface area (Å²) in [4.78, 5) is 23.1. The number of aliphatic hydroxyl groups is 1. The fourth-order valence-electron chi connectivity index (χ4n) is 6.93. The molecule has 0 heterocycles. The predicted molar refractivity (Wildman–Crippen MR) is 249 cm³/mol. The van der Waals surface area contributed by atoms with Gasteiger partial charge in [0.25, 0.3) is 0 Å². The highest BCUT2D eigenvalue weighted by Gasteiger charge is 2.27. The number of hydrogen-bond donors (Lipinski definition) is 3. The highest BCUT2D eigenvalue weighted by atomic mass is 31.2. The Morgan fingerprint density at radius 1 is 0.569 bits per heavy atom. The number of amides is 1. The minimum Gasteiger partial charge on any atom is -0.387 e. The van der Waals surface area contributed by atoms with Gasteiger partial charge in [0.2, 0.25) is 5.91 Å². The smallest absolute Gasteiger partial charge is 0.387 e. The van der Waals surface area contributed by atoms with Gasteiger partial charge >= 0.3 is 7.82 Å². The summed E-state index contributed by atoms with van der Waals surface area (Å²) in [5, 5.41) is 13.8. The lowest BCUT2D eigenvalue weighted by molar-refractivity contribution is -0.870. The number of hydrogen-bond acceptors (Lipinski definition) is 5. The van der Waals surface area contributed by atoms with Gasteiger partial charge in [0.1, 0.15) is 13.2 Å². The van der Waals surface area contributed by atoms with Crippen LogP contribution in [0.15, 0.2) is 36.5 Å². The molecule has 0 fully saturated rings. The van der Waals surface area contributed by atoms with Crippen LogP contribution in [0.5, 0.6) is 0 Å². The zero-order valence-corrected chi connectivity index (χ0v) is 39.7. The quantitative estimate of drug-likeness (QED) is 0.0244. The first-order chi connectivity index (χ1) is 28.0. The number of quaternary nitrogens is 1. The summed E-state index contributed by atoms with van der Waals surface area (Å²) < 4.78 is 23.6. The molecule has 0 aromatic rings. The van der Waals surface area contributed by atoms with Crippen LogP contribution in [0, 0.1) is 0 Å². The zero-order chi connectivity index (χ0) is 42.8. The molecule has 3 unspecified atom stereocenters. The molecule has 0 bridgehead atoms. The molecule has 0 aliphatic carbocycles. The van der Waals surface area contributed by atoms with E-state index in [0.717, 1.165) is 51.4 Å². The summed E-state index contributed by atoms with van der Waals surface area (Å²) in [6, 6.07) is -0.866. The Bertz CT molecular complexity index is 1040. The average Bonchev–Trinajstić information content (AvgIpc) is 3.17. The highest BCUT2D eigenvalue weighted by molar-refractivity contribution is 7.47. The topological polar surface area (TPSA) is 105 Å². The second-order valence-corrected chi connectivity index (χ2v) is 19.3. The lowest BCUT2D eigenvalue weighted by Crippen LogP contribution is -2.45. The zero-order valence-electron chi connectivity index (χ0n) is 38.8. The van der Waals surface area contributed by atoms with E-state index in [-0.39, 0.29) is 19.1 Å². The van der Waals surface area contributed by atoms with Gasteiger partial charge in [-0.25, -0.2) is 4.57 Å². The molecule has 0 spiro atoms. The molecule has 0 aromatic heterocycles. The van der Waals surface area contributed by atoms with Crippen LogP contribution in [0.2, 0.25) is 0 Å². The number of phosphoric ester groups is 1. The Morgan fingerprint density at radius 3 is 1.38 bits per heavy atom. The van der Waals surface area contributed by atoms with Gasteiger partial charge < -0.3 is 19.8 Å². The predicted octanol–water partition coefficient (Wildman–Crippen LogP) is 13.9. The van der Waals surface area contributed by atoms with Crippen molar-refractivity contribution in [2.45, 2.75) is 231 Å². The second-order valence-electron chi connectivity index (χ2n) is 17.8. The van der Waals surface area contributed by atoms with Gasteiger partial charge in [0, 0.05) is 6.42 Å². The van der Waals surface area contributed by atoms with Crippen LogP contribution in [0.4, 0.5) is 0 Å². The molecule has 0 aliphatic rings. The van der Waals surface area contributed by atoms with E-state index in [1.165, 1.54) is 148 Å². The fourth-order valence-corrected chi connectivity index (χ4v) is 7.67. The molecule has 0 radical (unpaired) electrons. The first kappa shape index (κ1) is 56.7. The molecular weight excluding hydrogens is 744 g/mol. The maximum absolute atomic E-state index is 12.9. The van der Waals surface area contributed by atoms with Gasteiger partial charge in [0.05, 0.1) is 39.9 Å². The third-order valence-corrected chi connectivity index (χ3v) is 11.8. The summed E-state index contributed by atoms with van der Waals surface area (Å²) in [6.45, 7) is 4.78. The number of phosphoric acid groups is 1. The van der Waals surface area contributed by atoms with E-state index in [9.17, 15) is 19.4 Å². The van der Waals surface area contributed by atoms with Crippen LogP contribution >= 0.6 is 7.82 Å². The minimum absolute atomic E-state index is 0.0547. The largest absolute Gasteiger partial charge is 0.472 e. The maximum atomic E-state index is 12.9. The first-order valence-electron chi connectivity index (χ1n) is 24.4. The molecule has 342 valence electrons. The summed E-state index contributed by atoms with van der Waals surface area (Å²) >= 11 is 0. The van der Waals surface area contributed by atoms with E-state index in [1.807, 2.05) is 27.2 Å². The molecule has 0 saturated heterocycles. The molecule has 3 atom stereocenters. The Hall–Kier alpha value is -1.28. The van der Waals surface area contributed by atoms with Gasteiger partial charge in [-0.3, -0.25) is 13.8 Å². The van der Waals surface area contributed by atoms with E-state index in [4.69, 9.17) is 9.05 Å². The van der Waals surface area contributed by atoms with Crippen molar-refractivity contribution >= 4 is 13.7 Å². The minimum atomic E-state index is -4.35. The van der Waals surface area contributed by atoms with Gasteiger partial charge in [-0.05, 0) is 57.8 Å². The summed E-state index contributed by atoms with van der Waals surface area (Å²) in [6.07, 6.45) is 50.8. The third-order valence-electron chi connectivity index (χ3n) is 10.8. The van der Waals surface area contributed by atoms with E-state index in [2.05, 4.69) is 43.5 Å². The Kier molecular flexibility index (Phi) is 40.2. The lowest BCUT2D eigenvalue weighted by Gasteiger charge is -2.25. The average molecular weight is 840 g/mol. The van der Waals surface area contributed by atoms with Crippen molar-refractivity contribution in [3.8, 4) is 0 Å². The molecule has 3 N–H and O–H groups in total. The van der Waals surface area contributed by atoms with Crippen LogP contribution < -0.4 is 5.32 Å². The SMILES string of the molecule is CCCCCCC/C=C\CCCCCCCC(=O)NC(COP(=O)(O)OCC[N+](C)(C)C)C(O)/C=C/CC/C=C/CCCCCCCCCCCCCCCCCC. The molecule has 0 rings (SSSR count). The number of allylic oxidation sites excluding steroid dienone is 5. The molecule has 8 nitrogen and oxygen atoms in total. The Morgan fingerprint density at radius 2 is 0.948 bits per heavy atom. The van der Waals surface area contributed by atoms with E-state index in [1.54, 1.807) is 6.08 Å². The van der Waals surface area contributed by atoms with Crippen LogP contribution in [0.25, 0.3) is 0 Å². The number of aliphatic hydroxyl groups excluding tert-OH is 1. The van der Waals surface area contributed by atoms with E-state index < -0.39 is 20.0 Å². The van der Waals surface area contributed by atoms with Crippen LogP contribution in [0.3, 0.4) is 0 Å². The van der Waals surface area contributed by atoms with Crippen molar-refractivity contribution in [3.63, 3.8) is 0 Å². The van der Waals surface area contributed by atoms with E-state index in [0.29, 0.717) is 17.4 Å². The highest BCUT2D eigenvalue weighted by Crippen LogP contribution is 2.43. The normalized spacial score (nSPS) is 14.5. The number of likely N-dealkylation sites (N-methyl/N-ethyl adjacent to an activating group) is 1. The molecule has 0 aliphatic heterocycles. The molecule has 0 saturated carbocycles. The van der Waals surface area contributed by atoms with Crippen molar-refractivity contribution in [1.29, 1.82) is 0 Å². The third kappa shape index (κ3) is 42.8. The Labute approximate surface area is 359 Å². The number of nitrogens with one attached hydrogen (secondary N) is 1. The summed E-state index contributed by atoms with van der Waals surface area (Å²) in [5.74, 6) is -0.196. The first-order valence-corrected chi connectivity index (χ1v) is 25.9. The Balaban J connectivity index is 4.38. The summed E-state index contributed by atoms with van der Waals surface area (Å²) in [5.41, 5.74) is 0. The van der Waals surface area contributed by atoms with Crippen molar-refractivity contribution in [1.82, 2.24) is 5.32 Å². The van der Waals surface area contributed by atoms with Crippen LogP contribution in [-0.4, -0.2) is 73.4 Å². The van der Waals surface area contributed by atoms with Gasteiger partial charge in [-0.2, -0.15) is 0 Å². The number of nitrogens with zero attached hydrogens (tertiary/aromatic N) is 1. The van der Waals surface area contributed by atoms with Crippen LogP contribution in [-0.2, 0) is 18.4 Å². The van der Waals surface area contributed by atoms with Gasteiger partial charge in [-0.1, -0.05) is 192 Å². The lowest BCUT2D eigenvalue weighted by atomic mass is 10.0. The van der Waals surface area contributed by atoms with Gasteiger partial charge in [-0.15, -0.1) is 0 Å². The molecular formula is C49H96N2O6P+. The standard InChI is InChI=1S/C49H95N2O6P/c1-6-8-10-12-14-16-18-20-22-23-24-25-26-27-28-29-30-32-34-36-38-40-42-48(52)47(46-57-58(54,55)56-45-44-51(3,4)5)50-49(53)43-41-39-37-35-33-31-21-19-17-15-13-11-9-7-2/h19,21,32,34,40,42,47-48,52H,6-18,20,22-31,33,35-39,41,43-46H2,1-5H3,(H-,50,53,54,55)/p+1/b21-19-,34-32+,42-40+. The number of carbonyl (C=O) groups excluding carboxylic acids is 1. The van der Waals surface area contributed by atoms with Crippen molar-refractivity contribution in [2.24, 2.45) is 0 Å².